The third-order valence-electron chi connectivity index (χ3n) is 5.31. The van der Waals surface area contributed by atoms with Crippen molar-refractivity contribution in [2.45, 2.75) is 43.7 Å². The predicted molar refractivity (Wildman–Crippen MR) is 98.0 cm³/mol. The molecular formula is C19H29N3O3. The molecule has 1 saturated heterocycles. The van der Waals surface area contributed by atoms with Gasteiger partial charge in [-0.15, -0.1) is 0 Å². The summed E-state index contributed by atoms with van der Waals surface area (Å²) < 4.78 is 5.20. The molecule has 2 aliphatic rings. The van der Waals surface area contributed by atoms with Gasteiger partial charge in [-0.25, -0.2) is 0 Å². The maximum atomic E-state index is 12.5. The minimum Gasteiger partial charge on any atom is -0.497 e. The highest BCUT2D eigenvalue weighted by Crippen LogP contribution is 2.27. The molecule has 25 heavy (non-hydrogen) atoms. The van der Waals surface area contributed by atoms with Crippen LogP contribution in [0.1, 0.15) is 32.1 Å². The van der Waals surface area contributed by atoms with Gasteiger partial charge in [-0.2, -0.15) is 0 Å². The number of hydrogen-bond donors (Lipinski definition) is 3. The van der Waals surface area contributed by atoms with E-state index in [2.05, 4.69) is 15.5 Å². The van der Waals surface area contributed by atoms with Crippen molar-refractivity contribution in [1.82, 2.24) is 10.6 Å². The van der Waals surface area contributed by atoms with Gasteiger partial charge >= 0.3 is 0 Å². The number of benzene rings is 1. The van der Waals surface area contributed by atoms with E-state index in [1.807, 2.05) is 24.3 Å². The highest BCUT2D eigenvalue weighted by Gasteiger charge is 2.31. The monoisotopic (exact) mass is 347 g/mol. The van der Waals surface area contributed by atoms with Crippen LogP contribution in [0.15, 0.2) is 24.3 Å². The number of aliphatic hydroxyl groups is 1. The first-order valence-corrected chi connectivity index (χ1v) is 9.22. The Morgan fingerprint density at radius 2 is 2.04 bits per heavy atom. The van der Waals surface area contributed by atoms with Gasteiger partial charge in [-0.3, -0.25) is 4.79 Å². The van der Waals surface area contributed by atoms with Crippen LogP contribution in [-0.4, -0.2) is 55.9 Å². The third kappa shape index (κ3) is 4.64. The Hall–Kier alpha value is -1.79. The van der Waals surface area contributed by atoms with E-state index in [0.29, 0.717) is 13.1 Å². The van der Waals surface area contributed by atoms with Crippen LogP contribution in [-0.2, 0) is 4.79 Å². The first-order valence-electron chi connectivity index (χ1n) is 9.22. The molecule has 0 unspecified atom stereocenters. The molecule has 0 radical (unpaired) electrons. The van der Waals surface area contributed by atoms with Crippen LogP contribution in [0.25, 0.3) is 0 Å². The quantitative estimate of drug-likeness (QED) is 0.748. The molecule has 6 nitrogen and oxygen atoms in total. The molecular weight excluding hydrogens is 318 g/mol. The van der Waals surface area contributed by atoms with Gasteiger partial charge in [-0.1, -0.05) is 19.3 Å². The van der Waals surface area contributed by atoms with E-state index in [0.717, 1.165) is 50.2 Å². The minimum absolute atomic E-state index is 0.0304. The standard InChI is InChI=1S/C19H29N3O3/c1-25-16-7-5-15(6-8-16)22-12-11-20-17(13-22)18(23)21-14-19(24)9-3-2-4-10-19/h5-8,17,20,24H,2-4,9-14H2,1H3,(H,21,23)/t17-/m0/s1. The van der Waals surface area contributed by atoms with Crippen molar-refractivity contribution in [3.8, 4) is 5.75 Å². The highest BCUT2D eigenvalue weighted by atomic mass is 16.5. The zero-order chi connectivity index (χ0) is 17.7. The number of hydrogen-bond acceptors (Lipinski definition) is 5. The number of amides is 1. The summed E-state index contributed by atoms with van der Waals surface area (Å²) in [5, 5.41) is 16.8. The SMILES string of the molecule is COc1ccc(N2CCN[C@H](C(=O)NCC3(O)CCCCC3)C2)cc1. The summed E-state index contributed by atoms with van der Waals surface area (Å²) in [6, 6.07) is 7.65. The van der Waals surface area contributed by atoms with Crippen LogP contribution in [0.5, 0.6) is 5.75 Å². The second-order valence-electron chi connectivity index (χ2n) is 7.15. The summed E-state index contributed by atoms with van der Waals surface area (Å²) in [4.78, 5) is 14.7. The molecule has 3 rings (SSSR count). The van der Waals surface area contributed by atoms with Crippen LogP contribution in [0, 0.1) is 0 Å². The lowest BCUT2D eigenvalue weighted by Gasteiger charge is -2.36. The average Bonchev–Trinajstić information content (AvgIpc) is 2.67. The van der Waals surface area contributed by atoms with Gasteiger partial charge in [0.15, 0.2) is 0 Å². The molecule has 1 amide bonds. The average molecular weight is 347 g/mol. The van der Waals surface area contributed by atoms with Gasteiger partial charge in [-0.05, 0) is 37.1 Å². The van der Waals surface area contributed by atoms with Gasteiger partial charge in [0.1, 0.15) is 11.8 Å². The van der Waals surface area contributed by atoms with Gasteiger partial charge in [0, 0.05) is 31.9 Å². The lowest BCUT2D eigenvalue weighted by atomic mass is 9.85. The van der Waals surface area contributed by atoms with Gasteiger partial charge in [0.2, 0.25) is 5.91 Å². The number of ether oxygens (including phenoxy) is 1. The zero-order valence-electron chi connectivity index (χ0n) is 15.0. The summed E-state index contributed by atoms with van der Waals surface area (Å²) in [6.07, 6.45) is 4.82. The Bertz CT molecular complexity index is 570. The van der Waals surface area contributed by atoms with Crippen molar-refractivity contribution in [3.05, 3.63) is 24.3 Å². The van der Waals surface area contributed by atoms with Crippen molar-refractivity contribution in [1.29, 1.82) is 0 Å². The summed E-state index contributed by atoms with van der Waals surface area (Å²) in [6.45, 7) is 2.59. The van der Waals surface area contributed by atoms with Gasteiger partial charge < -0.3 is 25.4 Å². The Morgan fingerprint density at radius 1 is 1.32 bits per heavy atom. The Kier molecular flexibility index (Phi) is 5.81. The van der Waals surface area contributed by atoms with E-state index >= 15 is 0 Å². The molecule has 1 heterocycles. The molecule has 0 spiro atoms. The minimum atomic E-state index is -0.724. The third-order valence-corrected chi connectivity index (χ3v) is 5.31. The normalized spacial score (nSPS) is 23.1. The van der Waals surface area contributed by atoms with Crippen LogP contribution in [0.3, 0.4) is 0 Å². The smallest absolute Gasteiger partial charge is 0.239 e. The molecule has 1 saturated carbocycles. The molecule has 1 aromatic rings. The number of piperazine rings is 1. The molecule has 3 N–H and O–H groups in total. The van der Waals surface area contributed by atoms with Crippen molar-refractivity contribution in [2.24, 2.45) is 0 Å². The van der Waals surface area contributed by atoms with E-state index < -0.39 is 5.60 Å². The van der Waals surface area contributed by atoms with Crippen molar-refractivity contribution in [2.75, 3.05) is 38.2 Å². The second-order valence-corrected chi connectivity index (χ2v) is 7.15. The van der Waals surface area contributed by atoms with Crippen LogP contribution >= 0.6 is 0 Å². The number of rotatable bonds is 5. The topological polar surface area (TPSA) is 73.8 Å². The zero-order valence-corrected chi connectivity index (χ0v) is 15.0. The molecule has 1 atom stereocenters. The van der Waals surface area contributed by atoms with Gasteiger partial charge in [0.25, 0.3) is 0 Å². The van der Waals surface area contributed by atoms with E-state index in [9.17, 15) is 9.90 Å². The van der Waals surface area contributed by atoms with Crippen molar-refractivity contribution in [3.63, 3.8) is 0 Å². The molecule has 1 aliphatic heterocycles. The fourth-order valence-electron chi connectivity index (χ4n) is 3.71. The summed E-state index contributed by atoms with van der Waals surface area (Å²) in [5.74, 6) is 0.797. The molecule has 6 heteroatoms. The van der Waals surface area contributed by atoms with E-state index in [1.54, 1.807) is 7.11 Å². The summed E-state index contributed by atoms with van der Waals surface area (Å²) in [5.41, 5.74) is 0.365. The molecule has 1 aromatic carbocycles. The van der Waals surface area contributed by atoms with E-state index in [4.69, 9.17) is 4.74 Å². The molecule has 0 bridgehead atoms. The largest absolute Gasteiger partial charge is 0.497 e. The Labute approximate surface area is 149 Å². The lowest BCUT2D eigenvalue weighted by molar-refractivity contribution is -0.124. The molecule has 2 fully saturated rings. The lowest BCUT2D eigenvalue weighted by Crippen LogP contribution is -2.58. The molecule has 0 aromatic heterocycles. The summed E-state index contributed by atoms with van der Waals surface area (Å²) in [7, 11) is 1.65. The number of carbonyl (C=O) groups excluding carboxylic acids is 1. The Morgan fingerprint density at radius 3 is 2.72 bits per heavy atom. The number of carbonyl (C=O) groups is 1. The Balaban J connectivity index is 1.54. The second kappa shape index (κ2) is 8.06. The number of anilines is 1. The van der Waals surface area contributed by atoms with Crippen LogP contribution in [0.2, 0.25) is 0 Å². The van der Waals surface area contributed by atoms with E-state index in [-0.39, 0.29) is 11.9 Å². The number of methoxy groups -OCH3 is 1. The number of nitrogens with zero attached hydrogens (tertiary/aromatic N) is 1. The van der Waals surface area contributed by atoms with Crippen LogP contribution < -0.4 is 20.3 Å². The van der Waals surface area contributed by atoms with Gasteiger partial charge in [0.05, 0.1) is 12.7 Å². The first-order chi connectivity index (χ1) is 12.1. The highest BCUT2D eigenvalue weighted by molar-refractivity contribution is 5.82. The maximum Gasteiger partial charge on any atom is 0.239 e. The summed E-state index contributed by atoms with van der Waals surface area (Å²) >= 11 is 0. The molecule has 1 aliphatic carbocycles. The first kappa shape index (κ1) is 18.0. The maximum absolute atomic E-state index is 12.5. The number of nitrogens with one attached hydrogen (secondary N) is 2. The van der Waals surface area contributed by atoms with E-state index in [1.165, 1.54) is 6.42 Å². The molecule has 138 valence electrons. The van der Waals surface area contributed by atoms with Crippen molar-refractivity contribution >= 4 is 11.6 Å². The predicted octanol–water partition coefficient (Wildman–Crippen LogP) is 1.28. The fraction of sp³-hybridized carbons (Fsp3) is 0.632. The van der Waals surface area contributed by atoms with Crippen molar-refractivity contribution < 1.29 is 14.6 Å². The fourth-order valence-corrected chi connectivity index (χ4v) is 3.71. The van der Waals surface area contributed by atoms with Crippen LogP contribution in [0.4, 0.5) is 5.69 Å².